The van der Waals surface area contributed by atoms with Crippen molar-refractivity contribution in [2.24, 2.45) is 5.41 Å². The van der Waals surface area contributed by atoms with Crippen LogP contribution in [0.4, 0.5) is 4.79 Å². The van der Waals surface area contributed by atoms with Crippen molar-refractivity contribution < 1.29 is 19.5 Å². The maximum atomic E-state index is 11.3. The number of aliphatic carboxylic acids is 1. The molecule has 1 heterocycles. The van der Waals surface area contributed by atoms with E-state index in [1.54, 1.807) is 0 Å². The lowest BCUT2D eigenvalue weighted by Crippen LogP contribution is -2.34. The number of carboxylic acid groups (broad SMARTS) is 1. The minimum absolute atomic E-state index is 0.0639. The Morgan fingerprint density at radius 2 is 2.06 bits per heavy atom. The van der Waals surface area contributed by atoms with Crippen molar-refractivity contribution in [3.05, 3.63) is 0 Å². The number of nitrogens with one attached hydrogen (secondary N) is 1. The number of carboxylic acids is 1. The van der Waals surface area contributed by atoms with Crippen LogP contribution in [0.1, 0.15) is 33.1 Å². The molecule has 0 unspecified atom stereocenters. The van der Waals surface area contributed by atoms with Crippen LogP contribution in [-0.2, 0) is 9.59 Å². The zero-order valence-corrected chi connectivity index (χ0v) is 10.2. The number of imide groups is 1. The van der Waals surface area contributed by atoms with Crippen LogP contribution < -0.4 is 5.32 Å². The first-order valence-electron chi connectivity index (χ1n) is 5.62. The molecule has 1 saturated heterocycles. The lowest BCUT2D eigenvalue weighted by Gasteiger charge is -2.25. The second-order valence-electron chi connectivity index (χ2n) is 5.01. The van der Waals surface area contributed by atoms with E-state index in [1.807, 2.05) is 13.8 Å². The van der Waals surface area contributed by atoms with Crippen molar-refractivity contribution in [3.63, 3.8) is 0 Å². The molecule has 1 aliphatic rings. The van der Waals surface area contributed by atoms with Crippen molar-refractivity contribution in [2.75, 3.05) is 13.1 Å². The van der Waals surface area contributed by atoms with Crippen LogP contribution in [0.3, 0.4) is 0 Å². The van der Waals surface area contributed by atoms with Gasteiger partial charge < -0.3 is 10.4 Å². The second-order valence-corrected chi connectivity index (χ2v) is 5.01. The minimum Gasteiger partial charge on any atom is -0.481 e. The number of nitrogens with zero attached hydrogens (tertiary/aromatic N) is 1. The quantitative estimate of drug-likeness (QED) is 0.675. The van der Waals surface area contributed by atoms with Crippen molar-refractivity contribution in [1.29, 1.82) is 0 Å². The largest absolute Gasteiger partial charge is 0.481 e. The first-order valence-corrected chi connectivity index (χ1v) is 5.62. The number of rotatable bonds is 6. The molecular weight excluding hydrogens is 224 g/mol. The van der Waals surface area contributed by atoms with Crippen molar-refractivity contribution in [3.8, 4) is 0 Å². The van der Waals surface area contributed by atoms with Gasteiger partial charge in [0.25, 0.3) is 0 Å². The summed E-state index contributed by atoms with van der Waals surface area (Å²) >= 11 is 0. The highest BCUT2D eigenvalue weighted by molar-refractivity contribution is 6.01. The summed E-state index contributed by atoms with van der Waals surface area (Å²) in [4.78, 5) is 34.2. The Bertz CT molecular complexity index is 322. The molecule has 0 radical (unpaired) electrons. The SMILES string of the molecule is CC(C)(CCC(=O)O)CCN1C(=O)CNC1=O. The number of amides is 3. The Morgan fingerprint density at radius 1 is 1.41 bits per heavy atom. The molecule has 0 spiro atoms. The molecule has 0 aromatic carbocycles. The van der Waals surface area contributed by atoms with Gasteiger partial charge in [0.05, 0.1) is 6.54 Å². The topological polar surface area (TPSA) is 86.7 Å². The summed E-state index contributed by atoms with van der Waals surface area (Å²) in [6, 6.07) is -0.357. The van der Waals surface area contributed by atoms with Crippen LogP contribution in [-0.4, -0.2) is 41.0 Å². The highest BCUT2D eigenvalue weighted by Gasteiger charge is 2.30. The van der Waals surface area contributed by atoms with Crippen LogP contribution in [0.5, 0.6) is 0 Å². The third kappa shape index (κ3) is 4.05. The highest BCUT2D eigenvalue weighted by atomic mass is 16.4. The fourth-order valence-electron chi connectivity index (χ4n) is 1.67. The Morgan fingerprint density at radius 3 is 2.53 bits per heavy atom. The van der Waals surface area contributed by atoms with Gasteiger partial charge in [0, 0.05) is 13.0 Å². The summed E-state index contributed by atoms with van der Waals surface area (Å²) in [7, 11) is 0. The smallest absolute Gasteiger partial charge is 0.324 e. The maximum absolute atomic E-state index is 11.3. The molecule has 96 valence electrons. The predicted molar refractivity (Wildman–Crippen MR) is 60.4 cm³/mol. The molecular formula is C11H18N2O4. The van der Waals surface area contributed by atoms with E-state index in [4.69, 9.17) is 5.11 Å². The summed E-state index contributed by atoms with van der Waals surface area (Å²) < 4.78 is 0. The summed E-state index contributed by atoms with van der Waals surface area (Å²) in [6.07, 6.45) is 1.25. The monoisotopic (exact) mass is 242 g/mol. The Hall–Kier alpha value is -1.59. The molecule has 3 amide bonds. The van der Waals surface area contributed by atoms with Crippen LogP contribution in [0.15, 0.2) is 0 Å². The van der Waals surface area contributed by atoms with Crippen molar-refractivity contribution in [2.45, 2.75) is 33.1 Å². The summed E-state index contributed by atoms with van der Waals surface area (Å²) in [5, 5.41) is 11.1. The first kappa shape index (κ1) is 13.5. The van der Waals surface area contributed by atoms with Crippen LogP contribution in [0.2, 0.25) is 0 Å². The molecule has 17 heavy (non-hydrogen) atoms. The number of carbonyl (C=O) groups excluding carboxylic acids is 2. The van der Waals surface area contributed by atoms with E-state index in [0.717, 1.165) is 0 Å². The molecule has 0 aliphatic carbocycles. The van der Waals surface area contributed by atoms with E-state index in [1.165, 1.54) is 4.90 Å². The molecule has 1 aliphatic heterocycles. The van der Waals surface area contributed by atoms with Crippen LogP contribution in [0.25, 0.3) is 0 Å². The molecule has 1 fully saturated rings. The van der Waals surface area contributed by atoms with Gasteiger partial charge in [-0.15, -0.1) is 0 Å². The summed E-state index contributed by atoms with van der Waals surface area (Å²) in [6.45, 7) is 4.29. The molecule has 0 aromatic heterocycles. The van der Waals surface area contributed by atoms with Gasteiger partial charge in [0.2, 0.25) is 5.91 Å². The van der Waals surface area contributed by atoms with Gasteiger partial charge in [-0.3, -0.25) is 14.5 Å². The zero-order chi connectivity index (χ0) is 13.1. The molecule has 6 nitrogen and oxygen atoms in total. The normalized spacial score (nSPS) is 16.2. The molecule has 6 heteroatoms. The third-order valence-corrected chi connectivity index (χ3v) is 2.96. The molecule has 0 aromatic rings. The van der Waals surface area contributed by atoms with Gasteiger partial charge in [-0.1, -0.05) is 13.8 Å². The fraction of sp³-hybridized carbons (Fsp3) is 0.727. The van der Waals surface area contributed by atoms with E-state index in [-0.39, 0.29) is 30.3 Å². The fourth-order valence-corrected chi connectivity index (χ4v) is 1.67. The highest BCUT2D eigenvalue weighted by Crippen LogP contribution is 2.27. The van der Waals surface area contributed by atoms with Gasteiger partial charge in [0.1, 0.15) is 0 Å². The van der Waals surface area contributed by atoms with E-state index in [9.17, 15) is 14.4 Å². The molecule has 0 atom stereocenters. The summed E-state index contributed by atoms with van der Waals surface area (Å²) in [5.74, 6) is -1.04. The maximum Gasteiger partial charge on any atom is 0.324 e. The van der Waals surface area contributed by atoms with Crippen LogP contribution >= 0.6 is 0 Å². The third-order valence-electron chi connectivity index (χ3n) is 2.96. The molecule has 0 saturated carbocycles. The number of hydrogen-bond acceptors (Lipinski definition) is 3. The van der Waals surface area contributed by atoms with E-state index in [0.29, 0.717) is 19.4 Å². The minimum atomic E-state index is -0.826. The molecule has 1 rings (SSSR count). The molecule has 0 bridgehead atoms. The van der Waals surface area contributed by atoms with E-state index in [2.05, 4.69) is 5.32 Å². The van der Waals surface area contributed by atoms with Gasteiger partial charge >= 0.3 is 12.0 Å². The number of hydrogen-bond donors (Lipinski definition) is 2. The number of carbonyl (C=O) groups is 3. The first-order chi connectivity index (χ1) is 7.82. The zero-order valence-electron chi connectivity index (χ0n) is 10.2. The van der Waals surface area contributed by atoms with Gasteiger partial charge in [-0.05, 0) is 18.3 Å². The molecule has 2 N–H and O–H groups in total. The van der Waals surface area contributed by atoms with Gasteiger partial charge in [-0.2, -0.15) is 0 Å². The van der Waals surface area contributed by atoms with Gasteiger partial charge in [-0.25, -0.2) is 4.79 Å². The second kappa shape index (κ2) is 5.16. The van der Waals surface area contributed by atoms with Crippen molar-refractivity contribution >= 4 is 17.9 Å². The van der Waals surface area contributed by atoms with Crippen LogP contribution in [0, 0.1) is 5.41 Å². The average Bonchev–Trinajstić information content (AvgIpc) is 2.54. The van der Waals surface area contributed by atoms with Gasteiger partial charge in [0.15, 0.2) is 0 Å². The number of urea groups is 1. The lowest BCUT2D eigenvalue weighted by atomic mass is 9.84. The van der Waals surface area contributed by atoms with Crippen molar-refractivity contribution in [1.82, 2.24) is 10.2 Å². The Labute approximate surface area is 100.0 Å². The Balaban J connectivity index is 2.40. The summed E-state index contributed by atoms with van der Waals surface area (Å²) in [5.41, 5.74) is -0.193. The van der Waals surface area contributed by atoms with E-state index >= 15 is 0 Å². The average molecular weight is 242 g/mol. The van der Waals surface area contributed by atoms with E-state index < -0.39 is 5.97 Å². The standard InChI is InChI=1S/C11H18N2O4/c1-11(2,4-3-9(15)16)5-6-13-8(14)7-12-10(13)17/h3-7H2,1-2H3,(H,12,17)(H,15,16). The lowest BCUT2D eigenvalue weighted by molar-refractivity contribution is -0.137. The predicted octanol–water partition coefficient (Wildman–Crippen LogP) is 0.819. The Kier molecular flexibility index (Phi) is 4.09.